The van der Waals surface area contributed by atoms with Gasteiger partial charge in [-0.25, -0.2) is 0 Å². The molecule has 0 radical (unpaired) electrons. The lowest BCUT2D eigenvalue weighted by molar-refractivity contribution is 0.332. The summed E-state index contributed by atoms with van der Waals surface area (Å²) in [6, 6.07) is 45.5. The van der Waals surface area contributed by atoms with Gasteiger partial charge in [0.15, 0.2) is 0 Å². The summed E-state index contributed by atoms with van der Waals surface area (Å²) in [4.78, 5) is 5.43. The summed E-state index contributed by atoms with van der Waals surface area (Å²) < 4.78 is 7.83. The Morgan fingerprint density at radius 2 is 1.09 bits per heavy atom. The van der Waals surface area contributed by atoms with Gasteiger partial charge in [0.2, 0.25) is 0 Å². The molecule has 8 aromatic rings. The van der Waals surface area contributed by atoms with Crippen molar-refractivity contribution in [3.05, 3.63) is 160 Å². The van der Waals surface area contributed by atoms with E-state index in [2.05, 4.69) is 222 Å². The van der Waals surface area contributed by atoms with Crippen LogP contribution in [0.2, 0.25) is 0 Å². The molecule has 7 aromatic carbocycles. The van der Waals surface area contributed by atoms with E-state index in [1.807, 2.05) is 0 Å². The standard InChI is InChI=1S/C66H69BN2O/c1-38-31-49-51(64(9,10)29-27-62(49,5)6)36-53(38)68-58-47-35-50-52(65(11,12)30-28-63(50,7)8)37-55(47)70-60(58)67-57-46(34-45-43-21-17-18-22-48(43)66(13,14)56(45)59(57)68)44-32-39-19-15-16-20-40(39)33-54(44)69(67)42-25-23-41(24-26-42)61(2,3)4/h15-26,31-37H,27-30H2,1-14H3. The van der Waals surface area contributed by atoms with Gasteiger partial charge in [0.05, 0.1) is 5.69 Å². The highest BCUT2D eigenvalue weighted by molar-refractivity contribution is 6.93. The van der Waals surface area contributed by atoms with Gasteiger partial charge < -0.3 is 14.1 Å². The minimum Gasteiger partial charge on any atom is -0.466 e. The molecule has 0 N–H and O–H groups in total. The van der Waals surface area contributed by atoms with Gasteiger partial charge in [-0.1, -0.05) is 157 Å². The van der Waals surface area contributed by atoms with Gasteiger partial charge in [-0.3, -0.25) is 0 Å². The Balaban J connectivity index is 1.24. The Bertz CT molecular complexity index is 3590. The molecule has 3 heterocycles. The third kappa shape index (κ3) is 5.89. The highest BCUT2D eigenvalue weighted by Gasteiger charge is 2.54. The molecule has 0 bridgehead atoms. The van der Waals surface area contributed by atoms with E-state index in [4.69, 9.17) is 4.42 Å². The van der Waals surface area contributed by atoms with Crippen molar-refractivity contribution in [1.82, 2.24) is 0 Å². The van der Waals surface area contributed by atoms with Gasteiger partial charge in [-0.05, 0) is 186 Å². The van der Waals surface area contributed by atoms with Gasteiger partial charge in [-0.15, -0.1) is 0 Å². The number of nitrogens with zero attached hydrogens (tertiary/aromatic N) is 2. The average molecular weight is 917 g/mol. The molecule has 1 aromatic heterocycles. The second-order valence-corrected chi connectivity index (χ2v) is 26.3. The van der Waals surface area contributed by atoms with E-state index < -0.39 is 0 Å². The highest BCUT2D eigenvalue weighted by atomic mass is 16.3. The minimum absolute atomic E-state index is 0.0155. The van der Waals surface area contributed by atoms with Crippen LogP contribution in [0.4, 0.5) is 28.4 Å². The van der Waals surface area contributed by atoms with Gasteiger partial charge in [-0.2, -0.15) is 0 Å². The van der Waals surface area contributed by atoms with E-state index in [1.54, 1.807) is 0 Å². The summed E-state index contributed by atoms with van der Waals surface area (Å²) >= 11 is 0. The Morgan fingerprint density at radius 3 is 1.73 bits per heavy atom. The Kier molecular flexibility index (Phi) is 8.73. The maximum Gasteiger partial charge on any atom is 0.375 e. The molecule has 0 saturated carbocycles. The number of hydrogen-bond donors (Lipinski definition) is 0. The Labute approximate surface area is 417 Å². The zero-order chi connectivity index (χ0) is 49.0. The van der Waals surface area contributed by atoms with Crippen LogP contribution in [-0.4, -0.2) is 6.85 Å². The maximum atomic E-state index is 7.83. The molecular weight excluding hydrogens is 848 g/mol. The van der Waals surface area contributed by atoms with Crippen molar-refractivity contribution in [2.45, 2.75) is 155 Å². The zero-order valence-corrected chi connectivity index (χ0v) is 44.2. The fraction of sp³-hybridized carbons (Fsp3) is 0.364. The summed E-state index contributed by atoms with van der Waals surface area (Å²) in [7, 11) is 0. The number of aryl methyl sites for hydroxylation is 1. The van der Waals surface area contributed by atoms with E-state index in [1.165, 1.54) is 123 Å². The molecule has 4 heteroatoms. The number of furan rings is 1. The third-order valence-corrected chi connectivity index (χ3v) is 18.6. The number of benzene rings is 7. The number of anilines is 5. The fourth-order valence-corrected chi connectivity index (χ4v) is 14.1. The minimum atomic E-state index is -0.298. The van der Waals surface area contributed by atoms with Crippen LogP contribution >= 0.6 is 0 Å². The van der Waals surface area contributed by atoms with Crippen molar-refractivity contribution in [2.75, 3.05) is 9.71 Å². The lowest BCUT2D eigenvalue weighted by Crippen LogP contribution is -2.61. The molecule has 0 unspecified atom stereocenters. The average Bonchev–Trinajstić information content (AvgIpc) is 3.80. The molecule has 70 heavy (non-hydrogen) atoms. The van der Waals surface area contributed by atoms with Gasteiger partial charge in [0.25, 0.3) is 0 Å². The summed E-state index contributed by atoms with van der Waals surface area (Å²) in [6.45, 7) is 33.7. The quantitative estimate of drug-likeness (QED) is 0.161. The lowest BCUT2D eigenvalue weighted by Gasteiger charge is -2.47. The molecule has 352 valence electrons. The number of rotatable bonds is 2. The first-order valence-electron chi connectivity index (χ1n) is 26.3. The van der Waals surface area contributed by atoms with E-state index in [9.17, 15) is 0 Å². The zero-order valence-electron chi connectivity index (χ0n) is 44.2. The molecule has 0 atom stereocenters. The first-order chi connectivity index (χ1) is 33.0. The molecular formula is C66H69BN2O. The predicted molar refractivity (Wildman–Crippen MR) is 299 cm³/mol. The van der Waals surface area contributed by atoms with E-state index in [0.29, 0.717) is 0 Å². The Morgan fingerprint density at radius 1 is 0.514 bits per heavy atom. The van der Waals surface area contributed by atoms with Crippen molar-refractivity contribution < 1.29 is 4.42 Å². The Hall–Kier alpha value is -6.00. The van der Waals surface area contributed by atoms with Crippen LogP contribution in [0.1, 0.15) is 160 Å². The van der Waals surface area contributed by atoms with Crippen molar-refractivity contribution in [3.63, 3.8) is 0 Å². The topological polar surface area (TPSA) is 19.6 Å². The first-order valence-corrected chi connectivity index (χ1v) is 26.3. The van der Waals surface area contributed by atoms with E-state index >= 15 is 0 Å². The second-order valence-electron chi connectivity index (χ2n) is 26.3. The highest BCUT2D eigenvalue weighted by Crippen LogP contribution is 2.60. The molecule has 2 aliphatic heterocycles. The molecule has 3 aliphatic carbocycles. The van der Waals surface area contributed by atoms with E-state index in [-0.39, 0.29) is 39.3 Å². The molecule has 13 rings (SSSR count). The normalized spacial score (nSPS) is 19.3. The summed E-state index contributed by atoms with van der Waals surface area (Å²) in [5.74, 6) is 0. The molecule has 0 amide bonds. The molecule has 3 nitrogen and oxygen atoms in total. The monoisotopic (exact) mass is 917 g/mol. The van der Waals surface area contributed by atoms with Crippen LogP contribution in [0.25, 0.3) is 44.0 Å². The van der Waals surface area contributed by atoms with Crippen molar-refractivity contribution in [3.8, 4) is 22.3 Å². The van der Waals surface area contributed by atoms with Gasteiger partial charge in [0.1, 0.15) is 11.2 Å². The van der Waals surface area contributed by atoms with Crippen LogP contribution in [0.3, 0.4) is 0 Å². The summed E-state index contributed by atoms with van der Waals surface area (Å²) in [6.07, 6.45) is 4.63. The smallest absolute Gasteiger partial charge is 0.375 e. The number of fused-ring (bicyclic) bond motifs is 13. The SMILES string of the molecule is Cc1cc2c(cc1N1c3c4c(cc5c3C(C)(C)c3ccccc3-5)-c3cc5ccccc5cc3N(c3ccc(C(C)(C)C)cc3)B4c3oc4cc5c(cc4c31)C(C)(C)CCC5(C)C)C(C)(C)CCC2(C)C. The second kappa shape index (κ2) is 13.9. The lowest BCUT2D eigenvalue weighted by atomic mass is 9.45. The van der Waals surface area contributed by atoms with Crippen LogP contribution < -0.4 is 20.8 Å². The summed E-state index contributed by atoms with van der Waals surface area (Å²) in [5.41, 5.74) is 25.9. The van der Waals surface area contributed by atoms with Crippen LogP contribution in [0.5, 0.6) is 0 Å². The molecule has 5 aliphatic rings. The van der Waals surface area contributed by atoms with Crippen molar-refractivity contribution >= 4 is 68.1 Å². The maximum absolute atomic E-state index is 7.83. The first kappa shape index (κ1) is 44.0. The molecule has 0 spiro atoms. The third-order valence-electron chi connectivity index (χ3n) is 18.6. The summed E-state index contributed by atoms with van der Waals surface area (Å²) in [5, 5.41) is 3.70. The van der Waals surface area contributed by atoms with Gasteiger partial charge >= 0.3 is 6.85 Å². The van der Waals surface area contributed by atoms with Crippen molar-refractivity contribution in [1.29, 1.82) is 0 Å². The van der Waals surface area contributed by atoms with Crippen LogP contribution in [-0.2, 0) is 32.5 Å². The fourth-order valence-electron chi connectivity index (χ4n) is 14.1. The van der Waals surface area contributed by atoms with Crippen molar-refractivity contribution in [2.24, 2.45) is 0 Å². The van der Waals surface area contributed by atoms with Gasteiger partial charge in [0, 0.05) is 39.1 Å². The molecule has 0 saturated heterocycles. The number of hydrogen-bond acceptors (Lipinski definition) is 3. The van der Waals surface area contributed by atoms with Crippen LogP contribution in [0, 0.1) is 6.92 Å². The molecule has 0 fully saturated rings. The predicted octanol–water partition coefficient (Wildman–Crippen LogP) is 16.9. The van der Waals surface area contributed by atoms with E-state index in [0.717, 1.165) is 30.5 Å². The van der Waals surface area contributed by atoms with Crippen LogP contribution in [0.15, 0.2) is 120 Å². The largest absolute Gasteiger partial charge is 0.466 e.